The fourth-order valence-corrected chi connectivity index (χ4v) is 4.65. The molecule has 1 amide bonds. The van der Waals surface area contributed by atoms with Gasteiger partial charge in [-0.05, 0) is 68.3 Å². The van der Waals surface area contributed by atoms with Gasteiger partial charge in [0, 0.05) is 18.2 Å². The van der Waals surface area contributed by atoms with Crippen LogP contribution in [0.25, 0.3) is 28.2 Å². The number of carbonyl (C=O) groups is 1. The molecule has 6 rings (SSSR count). The van der Waals surface area contributed by atoms with Gasteiger partial charge in [0.15, 0.2) is 5.82 Å². The van der Waals surface area contributed by atoms with Crippen LogP contribution in [0.1, 0.15) is 42.0 Å². The summed E-state index contributed by atoms with van der Waals surface area (Å²) in [5.41, 5.74) is 2.64. The average Bonchev–Trinajstić information content (AvgIpc) is 3.35. The highest BCUT2D eigenvalue weighted by Gasteiger charge is 2.36. The molecule has 0 radical (unpaired) electrons. The lowest BCUT2D eigenvalue weighted by Gasteiger charge is -2.35. The first-order chi connectivity index (χ1) is 18.6. The molecule has 4 heterocycles. The summed E-state index contributed by atoms with van der Waals surface area (Å²) in [6, 6.07) is 17.1. The molecule has 0 spiro atoms. The van der Waals surface area contributed by atoms with E-state index in [1.807, 2.05) is 13.0 Å². The third-order valence-corrected chi connectivity index (χ3v) is 6.59. The van der Waals surface area contributed by atoms with Crippen molar-refractivity contribution in [3.63, 3.8) is 0 Å². The Morgan fingerprint density at radius 3 is 2.68 bits per heavy atom. The van der Waals surface area contributed by atoms with E-state index in [9.17, 15) is 9.18 Å². The fourth-order valence-electron chi connectivity index (χ4n) is 4.65. The Balaban J connectivity index is 1.23. The molecular weight excluding hydrogens is 485 g/mol. The highest BCUT2D eigenvalue weighted by molar-refractivity contribution is 5.94. The molecule has 9 nitrogen and oxygen atoms in total. The summed E-state index contributed by atoms with van der Waals surface area (Å²) >= 11 is 0. The van der Waals surface area contributed by atoms with Crippen molar-refractivity contribution in [1.82, 2.24) is 35.0 Å². The molecule has 0 aliphatic heterocycles. The van der Waals surface area contributed by atoms with Crippen molar-refractivity contribution < 1.29 is 13.9 Å². The van der Waals surface area contributed by atoms with E-state index in [4.69, 9.17) is 4.74 Å². The molecular formula is C28H24FN7O2. The van der Waals surface area contributed by atoms with Gasteiger partial charge in [-0.2, -0.15) is 0 Å². The number of hydrogen-bond acceptors (Lipinski definition) is 7. The number of nitrogens with zero attached hydrogens (tertiary/aromatic N) is 6. The summed E-state index contributed by atoms with van der Waals surface area (Å²) in [7, 11) is 0. The molecule has 0 bridgehead atoms. The van der Waals surface area contributed by atoms with Crippen molar-refractivity contribution in [2.24, 2.45) is 0 Å². The van der Waals surface area contributed by atoms with Crippen molar-refractivity contribution in [3.05, 3.63) is 90.4 Å². The minimum absolute atomic E-state index is 0.0161. The molecule has 10 heteroatoms. The zero-order valence-electron chi connectivity index (χ0n) is 20.6. The van der Waals surface area contributed by atoms with Gasteiger partial charge in [0.1, 0.15) is 28.8 Å². The normalized spacial score (nSPS) is 16.7. The van der Waals surface area contributed by atoms with Crippen molar-refractivity contribution >= 4 is 16.9 Å². The summed E-state index contributed by atoms with van der Waals surface area (Å²) in [5, 5.41) is 11.9. The average molecular weight is 510 g/mol. The Kier molecular flexibility index (Phi) is 6.20. The first-order valence-electron chi connectivity index (χ1n) is 12.4. The summed E-state index contributed by atoms with van der Waals surface area (Å²) in [6.07, 6.45) is 4.59. The van der Waals surface area contributed by atoms with Crippen LogP contribution in [-0.4, -0.2) is 48.3 Å². The quantitative estimate of drug-likeness (QED) is 0.345. The van der Waals surface area contributed by atoms with Gasteiger partial charge >= 0.3 is 0 Å². The lowest BCUT2D eigenvalue weighted by atomic mass is 9.79. The Hall–Kier alpha value is -4.73. The number of fused-ring (bicyclic) bond motifs is 1. The predicted octanol–water partition coefficient (Wildman–Crippen LogP) is 4.49. The summed E-state index contributed by atoms with van der Waals surface area (Å²) in [6.45, 7) is 2.43. The van der Waals surface area contributed by atoms with Gasteiger partial charge in [0.25, 0.3) is 5.91 Å². The molecule has 0 atom stereocenters. The Labute approximate surface area is 217 Å². The third kappa shape index (κ3) is 4.45. The molecule has 0 saturated heterocycles. The molecule has 1 aliphatic rings. The van der Waals surface area contributed by atoms with Crippen LogP contribution in [0, 0.1) is 5.82 Å². The SMILES string of the molecule is CCOc1ccc(-c2nnc(C3CC(NC(=O)c4ccc5ncccc5n4)C3)n2-c2ccccc2F)nc1. The van der Waals surface area contributed by atoms with Crippen LogP contribution in [0.5, 0.6) is 5.75 Å². The lowest BCUT2D eigenvalue weighted by molar-refractivity contribution is 0.0902. The zero-order valence-corrected chi connectivity index (χ0v) is 20.6. The van der Waals surface area contributed by atoms with Gasteiger partial charge in [-0.1, -0.05) is 12.1 Å². The van der Waals surface area contributed by atoms with Crippen molar-refractivity contribution in [1.29, 1.82) is 0 Å². The van der Waals surface area contributed by atoms with E-state index in [0.29, 0.717) is 59.4 Å². The van der Waals surface area contributed by atoms with Crippen molar-refractivity contribution in [3.8, 4) is 23.0 Å². The standard InChI is InChI=1S/C28H24FN7O2/c1-2-38-19-9-10-23(31-16-19)27-35-34-26(36(27)25-8-4-3-6-20(25)29)17-14-18(15-17)32-28(37)24-12-11-21-22(33-24)7-5-13-30-21/h3-13,16-18H,2,14-15H2,1H3,(H,32,37). The third-order valence-electron chi connectivity index (χ3n) is 6.59. The molecule has 1 saturated carbocycles. The van der Waals surface area contributed by atoms with Crippen LogP contribution in [0.3, 0.4) is 0 Å². The minimum atomic E-state index is -0.387. The molecule has 5 aromatic rings. The van der Waals surface area contributed by atoms with E-state index in [-0.39, 0.29) is 23.7 Å². The van der Waals surface area contributed by atoms with E-state index in [2.05, 4.69) is 30.5 Å². The van der Waals surface area contributed by atoms with Gasteiger partial charge in [0.2, 0.25) is 0 Å². The first-order valence-corrected chi connectivity index (χ1v) is 12.4. The van der Waals surface area contributed by atoms with Crippen molar-refractivity contribution in [2.75, 3.05) is 6.61 Å². The van der Waals surface area contributed by atoms with E-state index >= 15 is 0 Å². The van der Waals surface area contributed by atoms with E-state index in [0.717, 1.165) is 5.52 Å². The van der Waals surface area contributed by atoms with Crippen LogP contribution >= 0.6 is 0 Å². The number of rotatable bonds is 7. The van der Waals surface area contributed by atoms with Gasteiger partial charge in [-0.25, -0.2) is 14.4 Å². The number of hydrogen-bond donors (Lipinski definition) is 1. The maximum Gasteiger partial charge on any atom is 0.270 e. The highest BCUT2D eigenvalue weighted by Crippen LogP contribution is 2.39. The second kappa shape index (κ2) is 9.97. The second-order valence-electron chi connectivity index (χ2n) is 9.06. The number of pyridine rings is 3. The van der Waals surface area contributed by atoms with E-state index in [1.54, 1.807) is 65.5 Å². The minimum Gasteiger partial charge on any atom is -0.492 e. The molecule has 1 aromatic carbocycles. The number of carbonyl (C=O) groups excluding carboxylic acids is 1. The van der Waals surface area contributed by atoms with Crippen LogP contribution in [0.4, 0.5) is 4.39 Å². The largest absolute Gasteiger partial charge is 0.492 e. The van der Waals surface area contributed by atoms with Gasteiger partial charge < -0.3 is 10.1 Å². The molecule has 190 valence electrons. The van der Waals surface area contributed by atoms with Crippen LogP contribution in [0.15, 0.2) is 73.1 Å². The molecule has 1 aliphatic carbocycles. The molecule has 4 aromatic heterocycles. The van der Waals surface area contributed by atoms with Crippen LogP contribution in [0.2, 0.25) is 0 Å². The fraction of sp³-hybridized carbons (Fsp3) is 0.214. The smallest absolute Gasteiger partial charge is 0.270 e. The molecule has 1 N–H and O–H groups in total. The Morgan fingerprint density at radius 2 is 1.89 bits per heavy atom. The number of nitrogens with one attached hydrogen (secondary N) is 1. The number of ether oxygens (including phenoxy) is 1. The Bertz CT molecular complexity index is 1610. The number of halogens is 1. The highest BCUT2D eigenvalue weighted by atomic mass is 19.1. The van der Waals surface area contributed by atoms with Gasteiger partial charge in [-0.3, -0.25) is 14.3 Å². The predicted molar refractivity (Wildman–Crippen MR) is 138 cm³/mol. The summed E-state index contributed by atoms with van der Waals surface area (Å²) in [5.74, 6) is 1.06. The van der Waals surface area contributed by atoms with E-state index in [1.165, 1.54) is 6.07 Å². The monoisotopic (exact) mass is 509 g/mol. The summed E-state index contributed by atoms with van der Waals surface area (Å²) < 4.78 is 22.2. The maximum atomic E-state index is 14.9. The van der Waals surface area contributed by atoms with Crippen LogP contribution < -0.4 is 10.1 Å². The summed E-state index contributed by atoms with van der Waals surface area (Å²) in [4.78, 5) is 26.0. The second-order valence-corrected chi connectivity index (χ2v) is 9.06. The zero-order chi connectivity index (χ0) is 26.1. The maximum absolute atomic E-state index is 14.9. The first kappa shape index (κ1) is 23.7. The number of para-hydroxylation sites is 1. The topological polar surface area (TPSA) is 108 Å². The molecule has 38 heavy (non-hydrogen) atoms. The van der Waals surface area contributed by atoms with E-state index < -0.39 is 0 Å². The van der Waals surface area contributed by atoms with Gasteiger partial charge in [-0.15, -0.1) is 10.2 Å². The van der Waals surface area contributed by atoms with Crippen molar-refractivity contribution in [2.45, 2.75) is 31.7 Å². The number of amides is 1. The molecule has 1 fully saturated rings. The van der Waals surface area contributed by atoms with Crippen LogP contribution in [-0.2, 0) is 0 Å². The van der Waals surface area contributed by atoms with Gasteiger partial charge in [0.05, 0.1) is 29.5 Å². The molecule has 0 unspecified atom stereocenters. The number of benzene rings is 1. The lowest BCUT2D eigenvalue weighted by Crippen LogP contribution is -2.44. The number of aromatic nitrogens is 6. The Morgan fingerprint density at radius 1 is 1.03 bits per heavy atom.